The number of hydrogen-bond acceptors (Lipinski definition) is 5. The summed E-state index contributed by atoms with van der Waals surface area (Å²) in [6.45, 7) is 0. The van der Waals surface area contributed by atoms with Gasteiger partial charge < -0.3 is 0 Å². The van der Waals surface area contributed by atoms with Crippen molar-refractivity contribution in [3.63, 3.8) is 0 Å². The molecule has 1 N–H and O–H groups in total. The van der Waals surface area contributed by atoms with Crippen LogP contribution in [0.4, 0.5) is 5.13 Å². The summed E-state index contributed by atoms with van der Waals surface area (Å²) in [7, 11) is 0. The van der Waals surface area contributed by atoms with Gasteiger partial charge in [-0.3, -0.25) is 10.1 Å². The van der Waals surface area contributed by atoms with E-state index in [1.807, 2.05) is 12.1 Å². The molecule has 6 nitrogen and oxygen atoms in total. The van der Waals surface area contributed by atoms with E-state index in [1.165, 1.54) is 16.0 Å². The summed E-state index contributed by atoms with van der Waals surface area (Å²) in [4.78, 5) is 20.3. The Labute approximate surface area is 112 Å². The average Bonchev–Trinajstić information content (AvgIpc) is 3.10. The third-order valence-corrected chi connectivity index (χ3v) is 3.08. The van der Waals surface area contributed by atoms with Crippen LogP contribution in [0.5, 0.6) is 0 Å². The van der Waals surface area contributed by atoms with Crippen LogP contribution in [-0.4, -0.2) is 25.7 Å². The molecule has 0 spiro atoms. The van der Waals surface area contributed by atoms with Crippen molar-refractivity contribution in [1.82, 2.24) is 19.7 Å². The van der Waals surface area contributed by atoms with Crippen molar-refractivity contribution >= 4 is 22.4 Å². The maximum Gasteiger partial charge on any atom is 0.276 e. The third kappa shape index (κ3) is 2.36. The van der Waals surface area contributed by atoms with E-state index in [0.29, 0.717) is 16.6 Å². The van der Waals surface area contributed by atoms with Gasteiger partial charge in [-0.2, -0.15) is 5.10 Å². The molecule has 0 bridgehead atoms. The second kappa shape index (κ2) is 4.99. The lowest BCUT2D eigenvalue weighted by Gasteiger charge is -2.05. The highest BCUT2D eigenvalue weighted by Gasteiger charge is 2.14. The van der Waals surface area contributed by atoms with Crippen molar-refractivity contribution in [2.45, 2.75) is 0 Å². The Bertz CT molecular complexity index is 677. The molecule has 7 heteroatoms. The number of anilines is 1. The van der Waals surface area contributed by atoms with Gasteiger partial charge >= 0.3 is 0 Å². The number of pyridine rings is 1. The van der Waals surface area contributed by atoms with Gasteiger partial charge in [0.2, 0.25) is 0 Å². The molecule has 0 fully saturated rings. The SMILES string of the molecule is O=C(Nc1nccs1)c1ccnn1-c1ccccn1. The Balaban J connectivity index is 1.90. The van der Waals surface area contributed by atoms with E-state index in [-0.39, 0.29) is 5.91 Å². The van der Waals surface area contributed by atoms with Crippen LogP contribution < -0.4 is 5.32 Å². The van der Waals surface area contributed by atoms with Crippen LogP contribution in [0.3, 0.4) is 0 Å². The van der Waals surface area contributed by atoms with Gasteiger partial charge in [0.05, 0.1) is 6.20 Å². The van der Waals surface area contributed by atoms with Crippen LogP contribution in [0.1, 0.15) is 10.5 Å². The Morgan fingerprint density at radius 2 is 2.11 bits per heavy atom. The fourth-order valence-corrected chi connectivity index (χ4v) is 2.11. The molecule has 0 aromatic carbocycles. The minimum Gasteiger partial charge on any atom is -0.296 e. The summed E-state index contributed by atoms with van der Waals surface area (Å²) in [5.41, 5.74) is 0.411. The lowest BCUT2D eigenvalue weighted by atomic mass is 10.4. The molecule has 3 aromatic rings. The molecule has 0 radical (unpaired) electrons. The molecule has 1 amide bonds. The first kappa shape index (κ1) is 11.5. The highest BCUT2D eigenvalue weighted by molar-refractivity contribution is 7.13. The van der Waals surface area contributed by atoms with E-state index in [2.05, 4.69) is 20.4 Å². The first-order chi connectivity index (χ1) is 9.34. The van der Waals surface area contributed by atoms with Gasteiger partial charge in [-0.25, -0.2) is 14.6 Å². The van der Waals surface area contributed by atoms with Gasteiger partial charge in [-0.1, -0.05) is 6.07 Å². The zero-order chi connectivity index (χ0) is 13.1. The maximum atomic E-state index is 12.1. The molecule has 3 rings (SSSR count). The summed E-state index contributed by atoms with van der Waals surface area (Å²) in [5.74, 6) is 0.329. The number of carbonyl (C=O) groups is 1. The molecule has 0 aliphatic heterocycles. The standard InChI is InChI=1S/C12H9N5OS/c18-11(16-12-14-7-8-19-12)9-4-6-15-17(9)10-3-1-2-5-13-10/h1-8H,(H,14,16,18). The summed E-state index contributed by atoms with van der Waals surface area (Å²) >= 11 is 1.36. The molecule has 3 aromatic heterocycles. The van der Waals surface area contributed by atoms with Gasteiger partial charge in [0.25, 0.3) is 5.91 Å². The second-order valence-electron chi connectivity index (χ2n) is 3.61. The predicted molar refractivity (Wildman–Crippen MR) is 71.4 cm³/mol. The lowest BCUT2D eigenvalue weighted by Crippen LogP contribution is -2.17. The van der Waals surface area contributed by atoms with Crippen LogP contribution in [-0.2, 0) is 0 Å². The van der Waals surface area contributed by atoms with Crippen LogP contribution in [0, 0.1) is 0 Å². The monoisotopic (exact) mass is 271 g/mol. The van der Waals surface area contributed by atoms with E-state index < -0.39 is 0 Å². The topological polar surface area (TPSA) is 72.7 Å². The van der Waals surface area contributed by atoms with Crippen molar-refractivity contribution in [3.05, 3.63) is 53.9 Å². The van der Waals surface area contributed by atoms with Gasteiger partial charge in [0.1, 0.15) is 5.69 Å². The number of aromatic nitrogens is 4. The average molecular weight is 271 g/mol. The molecule has 0 aliphatic carbocycles. The molecule has 0 saturated heterocycles. The quantitative estimate of drug-likeness (QED) is 0.790. The Morgan fingerprint density at radius 3 is 2.84 bits per heavy atom. The molecule has 3 heterocycles. The number of rotatable bonds is 3. The normalized spacial score (nSPS) is 10.3. The molecular weight excluding hydrogens is 262 g/mol. The predicted octanol–water partition coefficient (Wildman–Crippen LogP) is 1.98. The smallest absolute Gasteiger partial charge is 0.276 e. The number of thiazole rings is 1. The van der Waals surface area contributed by atoms with Crippen LogP contribution in [0.15, 0.2) is 48.2 Å². The summed E-state index contributed by atoms with van der Waals surface area (Å²) in [6, 6.07) is 7.07. The molecular formula is C12H9N5OS. The van der Waals surface area contributed by atoms with E-state index >= 15 is 0 Å². The van der Waals surface area contributed by atoms with E-state index in [1.54, 1.807) is 36.1 Å². The third-order valence-electron chi connectivity index (χ3n) is 2.39. The van der Waals surface area contributed by atoms with Crippen LogP contribution >= 0.6 is 11.3 Å². The van der Waals surface area contributed by atoms with Crippen LogP contribution in [0.25, 0.3) is 5.82 Å². The highest BCUT2D eigenvalue weighted by Crippen LogP contribution is 2.13. The summed E-state index contributed by atoms with van der Waals surface area (Å²) in [5, 5.41) is 9.18. The van der Waals surface area contributed by atoms with Gasteiger partial charge in [0.15, 0.2) is 10.9 Å². The zero-order valence-corrected chi connectivity index (χ0v) is 10.5. The fraction of sp³-hybridized carbons (Fsp3) is 0. The molecule has 0 saturated carbocycles. The Morgan fingerprint density at radius 1 is 1.16 bits per heavy atom. The first-order valence-corrected chi connectivity index (χ1v) is 6.39. The summed E-state index contributed by atoms with van der Waals surface area (Å²) < 4.78 is 1.49. The fourth-order valence-electron chi connectivity index (χ4n) is 1.58. The van der Waals surface area contributed by atoms with Gasteiger partial charge in [0, 0.05) is 17.8 Å². The van der Waals surface area contributed by atoms with Crippen molar-refractivity contribution in [1.29, 1.82) is 0 Å². The molecule has 0 aliphatic rings. The second-order valence-corrected chi connectivity index (χ2v) is 4.50. The molecule has 94 valence electrons. The number of hydrogen-bond donors (Lipinski definition) is 1. The maximum absolute atomic E-state index is 12.1. The van der Waals surface area contributed by atoms with Crippen molar-refractivity contribution in [2.24, 2.45) is 0 Å². The Hall–Kier alpha value is -2.54. The number of amides is 1. The van der Waals surface area contributed by atoms with E-state index in [9.17, 15) is 4.79 Å². The van der Waals surface area contributed by atoms with E-state index in [0.717, 1.165) is 0 Å². The minimum absolute atomic E-state index is 0.266. The first-order valence-electron chi connectivity index (χ1n) is 5.51. The van der Waals surface area contributed by atoms with E-state index in [4.69, 9.17) is 0 Å². The molecule has 0 unspecified atom stereocenters. The number of nitrogens with one attached hydrogen (secondary N) is 1. The van der Waals surface area contributed by atoms with Crippen molar-refractivity contribution < 1.29 is 4.79 Å². The number of carbonyl (C=O) groups excluding carboxylic acids is 1. The lowest BCUT2D eigenvalue weighted by molar-refractivity contribution is 0.101. The van der Waals surface area contributed by atoms with Crippen molar-refractivity contribution in [3.8, 4) is 5.82 Å². The van der Waals surface area contributed by atoms with Gasteiger partial charge in [-0.05, 0) is 18.2 Å². The molecule has 0 atom stereocenters. The van der Waals surface area contributed by atoms with Crippen molar-refractivity contribution in [2.75, 3.05) is 5.32 Å². The highest BCUT2D eigenvalue weighted by atomic mass is 32.1. The van der Waals surface area contributed by atoms with Crippen LogP contribution in [0.2, 0.25) is 0 Å². The number of nitrogens with zero attached hydrogens (tertiary/aromatic N) is 4. The minimum atomic E-state index is -0.266. The molecule has 19 heavy (non-hydrogen) atoms. The van der Waals surface area contributed by atoms with Gasteiger partial charge in [-0.15, -0.1) is 11.3 Å². The zero-order valence-electron chi connectivity index (χ0n) is 9.72. The largest absolute Gasteiger partial charge is 0.296 e. The summed E-state index contributed by atoms with van der Waals surface area (Å²) in [6.07, 6.45) is 4.85. The Kier molecular flexibility index (Phi) is 3.03.